The van der Waals surface area contributed by atoms with Crippen LogP contribution in [0.4, 0.5) is 5.82 Å². The van der Waals surface area contributed by atoms with Gasteiger partial charge in [0, 0.05) is 43.1 Å². The minimum absolute atomic E-state index is 0.0112. The molecule has 65 heavy (non-hydrogen) atoms. The average molecular weight is 878 g/mol. The molecule has 0 saturated heterocycles. The van der Waals surface area contributed by atoms with Gasteiger partial charge < -0.3 is 45.6 Å². The summed E-state index contributed by atoms with van der Waals surface area (Å²) in [6.07, 6.45) is 16.4. The number of carbonyl (C=O) groups is 2. The van der Waals surface area contributed by atoms with Gasteiger partial charge in [-0.25, -0.2) is 0 Å². The molecule has 340 valence electrons. The van der Waals surface area contributed by atoms with Crippen molar-refractivity contribution in [2.45, 2.75) is 108 Å². The molecular formula is C54H59N3O8-2. The van der Waals surface area contributed by atoms with Crippen molar-refractivity contribution in [1.29, 1.82) is 0 Å². The van der Waals surface area contributed by atoms with Crippen molar-refractivity contribution in [2.75, 3.05) is 19.8 Å². The first-order chi connectivity index (χ1) is 31.6. The van der Waals surface area contributed by atoms with E-state index in [2.05, 4.69) is 23.2 Å². The second kappa shape index (κ2) is 19.3. The number of phenols is 2. The highest BCUT2D eigenvalue weighted by atomic mass is 16.5. The fraction of sp³-hybridized carbons (Fsp3) is 0.407. The van der Waals surface area contributed by atoms with Crippen LogP contribution in [0.1, 0.15) is 119 Å². The number of aryl methyl sites for hydroxylation is 3. The quantitative estimate of drug-likeness (QED) is 0.0790. The van der Waals surface area contributed by atoms with Crippen molar-refractivity contribution in [2.24, 2.45) is 11.8 Å². The first-order valence-corrected chi connectivity index (χ1v) is 23.4. The third kappa shape index (κ3) is 9.60. The first-order valence-electron chi connectivity index (χ1n) is 23.4. The highest BCUT2D eigenvalue weighted by Gasteiger charge is 2.43. The normalized spacial score (nSPS) is 22.6. The molecule has 4 atom stereocenters. The van der Waals surface area contributed by atoms with E-state index in [4.69, 9.17) is 15.0 Å². The maximum atomic E-state index is 15.4. The van der Waals surface area contributed by atoms with E-state index in [0.29, 0.717) is 78.9 Å². The Balaban J connectivity index is 1.13. The molecule has 0 amide bonds. The monoisotopic (exact) mass is 877 g/mol. The molecule has 11 heteroatoms. The van der Waals surface area contributed by atoms with E-state index >= 15 is 4.79 Å². The Morgan fingerprint density at radius 3 is 2.54 bits per heavy atom. The largest absolute Gasteiger partial charge is 0.664 e. The molecular weight excluding hydrogens is 819 g/mol. The Bertz CT molecular complexity index is 2600. The number of fused-ring (bicyclic) bond motifs is 8. The van der Waals surface area contributed by atoms with Crippen molar-refractivity contribution in [3.05, 3.63) is 146 Å². The number of carbonyl (C=O) groups excluding carboxylic acids is 2. The molecule has 9 rings (SSSR count). The SMILES string of the molecule is O=C1CCc2cc(c(O)c(OC3CCCC3)c2)Cc2ccc(CCCO)c(c2)Cc2cc[nH]c2[N-]CC2=Cc3[n-]ccc3[C@@H](C[C@@]3(O)C=Cc4c(O)cccc4CC3)[C@@H]2C(=O)[C@H]1CCO. The Kier molecular flexibility index (Phi) is 13.2. The number of aromatic nitrogens is 2. The number of Topliss-reactive ketones (excluding diaryl/α,β-unsaturated/α-hetero) is 2. The molecule has 0 unspecified atom stereocenters. The zero-order valence-electron chi connectivity index (χ0n) is 36.8. The molecule has 5 aromatic rings. The van der Waals surface area contributed by atoms with Crippen LogP contribution in [0.25, 0.3) is 17.5 Å². The molecule has 3 aromatic carbocycles. The summed E-state index contributed by atoms with van der Waals surface area (Å²) in [4.78, 5) is 38.1. The van der Waals surface area contributed by atoms with Crippen molar-refractivity contribution in [1.82, 2.24) is 9.97 Å². The molecule has 2 aromatic heterocycles. The number of aromatic hydroxyl groups is 2. The fourth-order valence-electron chi connectivity index (χ4n) is 10.8. The van der Waals surface area contributed by atoms with E-state index in [1.807, 2.05) is 42.6 Å². The van der Waals surface area contributed by atoms with Crippen LogP contribution >= 0.6 is 0 Å². The molecule has 1 aliphatic heterocycles. The van der Waals surface area contributed by atoms with Crippen LogP contribution < -0.4 is 9.72 Å². The van der Waals surface area contributed by atoms with Crippen LogP contribution in [0.5, 0.6) is 17.2 Å². The summed E-state index contributed by atoms with van der Waals surface area (Å²) in [5.74, 6) is -1.94. The number of nitrogens with zero attached hydrogens (tertiary/aromatic N) is 2. The van der Waals surface area contributed by atoms with E-state index in [-0.39, 0.29) is 68.2 Å². The number of hydrogen-bond donors (Lipinski definition) is 6. The van der Waals surface area contributed by atoms with E-state index in [1.54, 1.807) is 30.5 Å². The zero-order valence-corrected chi connectivity index (χ0v) is 36.8. The number of benzene rings is 3. The lowest BCUT2D eigenvalue weighted by atomic mass is 9.67. The molecule has 0 spiro atoms. The summed E-state index contributed by atoms with van der Waals surface area (Å²) in [7, 11) is 0. The number of phenolic OH excluding ortho intramolecular Hbond substituents is 2. The Labute approximate surface area is 380 Å². The Morgan fingerprint density at radius 2 is 1.71 bits per heavy atom. The number of aliphatic hydroxyl groups excluding tert-OH is 2. The van der Waals surface area contributed by atoms with Gasteiger partial charge in [0.05, 0.1) is 17.6 Å². The maximum Gasteiger partial charge on any atom is 0.161 e. The summed E-state index contributed by atoms with van der Waals surface area (Å²) < 4.78 is 6.45. The summed E-state index contributed by atoms with van der Waals surface area (Å²) >= 11 is 0. The van der Waals surface area contributed by atoms with Crippen molar-refractivity contribution < 1.29 is 39.9 Å². The Hall–Kier alpha value is -5.88. The number of hydrogen-bond acceptors (Lipinski definition) is 8. The molecule has 1 fully saturated rings. The van der Waals surface area contributed by atoms with Gasteiger partial charge in [-0.05, 0) is 135 Å². The molecule has 6 N–H and O–H groups in total. The van der Waals surface area contributed by atoms with Crippen LogP contribution in [0.3, 0.4) is 0 Å². The summed E-state index contributed by atoms with van der Waals surface area (Å²) in [6.45, 7) is -0.181. The smallest absolute Gasteiger partial charge is 0.161 e. The average Bonchev–Trinajstić information content (AvgIpc) is 4.08. The maximum absolute atomic E-state index is 15.4. The van der Waals surface area contributed by atoms with E-state index in [9.17, 15) is 30.3 Å². The van der Waals surface area contributed by atoms with Crippen LogP contribution in [-0.4, -0.2) is 73.5 Å². The number of aliphatic hydroxyl groups is 3. The summed E-state index contributed by atoms with van der Waals surface area (Å²) in [5, 5.41) is 60.3. The standard InChI is InChI=1S/C54H59N3O8/c58-23-4-6-35-12-10-33-25-38(35)29-37-16-21-56-53(37)57-32-40-30-46-43(17-22-55-46)45(31-54(64)19-14-36-5-3-9-47(60)42(36)15-20-54)50(40)52(63)44(18-24-59)48(61)13-11-34-27-39(26-33)51(62)49(28-34)65-41-7-1-2-8-41/h3,5,9-10,12,15-17,20-22,25,27-28,30,41,44-45,50,56,58-60,62,64H,1-2,4,6-8,11,13-14,18-19,23-24,26,29,31-32H2/q-2/t44-,45+,50+,54-/m0/s1. The Morgan fingerprint density at radius 1 is 0.862 bits per heavy atom. The van der Waals surface area contributed by atoms with Gasteiger partial charge in [0.25, 0.3) is 0 Å². The third-order valence-electron chi connectivity index (χ3n) is 14.2. The third-order valence-corrected chi connectivity index (χ3v) is 14.2. The number of H-pyrrole nitrogens is 1. The van der Waals surface area contributed by atoms with Crippen molar-refractivity contribution in [3.8, 4) is 17.2 Å². The van der Waals surface area contributed by atoms with Crippen molar-refractivity contribution >= 4 is 29.5 Å². The van der Waals surface area contributed by atoms with Crippen LogP contribution in [-0.2, 0) is 41.7 Å². The van der Waals surface area contributed by atoms with Crippen LogP contribution in [0.15, 0.2) is 84.7 Å². The molecule has 1 saturated carbocycles. The zero-order chi connectivity index (χ0) is 45.1. The van der Waals surface area contributed by atoms with E-state index < -0.39 is 23.4 Å². The second-order valence-corrected chi connectivity index (χ2v) is 18.6. The first kappa shape index (κ1) is 44.3. The van der Waals surface area contributed by atoms with Gasteiger partial charge in [0.1, 0.15) is 11.5 Å². The molecule has 4 bridgehead atoms. The number of rotatable bonds is 9. The predicted octanol–water partition coefficient (Wildman–Crippen LogP) is 8.48. The lowest BCUT2D eigenvalue weighted by Gasteiger charge is -2.40. The number of nitrogens with one attached hydrogen (secondary N) is 1. The van der Waals surface area contributed by atoms with Gasteiger partial charge in [-0.1, -0.05) is 89.9 Å². The number of aromatic amines is 1. The van der Waals surface area contributed by atoms with Crippen molar-refractivity contribution in [3.63, 3.8) is 0 Å². The van der Waals surface area contributed by atoms with Gasteiger partial charge in [0.2, 0.25) is 0 Å². The van der Waals surface area contributed by atoms with E-state index in [0.717, 1.165) is 64.6 Å². The van der Waals surface area contributed by atoms with Crippen LogP contribution in [0.2, 0.25) is 0 Å². The van der Waals surface area contributed by atoms with Gasteiger partial charge in [-0.15, -0.1) is 5.69 Å². The highest BCUT2D eigenvalue weighted by Crippen LogP contribution is 2.48. The molecule has 0 radical (unpaired) electrons. The van der Waals surface area contributed by atoms with Gasteiger partial charge in [-0.3, -0.25) is 9.59 Å². The second-order valence-electron chi connectivity index (χ2n) is 18.6. The van der Waals surface area contributed by atoms with Gasteiger partial charge in [-0.2, -0.15) is 6.20 Å². The van der Waals surface area contributed by atoms with Gasteiger partial charge >= 0.3 is 0 Å². The van der Waals surface area contributed by atoms with E-state index in [1.165, 1.54) is 0 Å². The molecule has 3 heterocycles. The molecule has 4 aliphatic rings. The number of ether oxygens (including phenoxy) is 1. The summed E-state index contributed by atoms with van der Waals surface area (Å²) in [6, 6.07) is 19.4. The summed E-state index contributed by atoms with van der Waals surface area (Å²) in [5.41, 5.74) is 7.97. The lowest BCUT2D eigenvalue weighted by Crippen LogP contribution is -2.40. The van der Waals surface area contributed by atoms with Gasteiger partial charge in [0.15, 0.2) is 17.3 Å². The molecule has 11 nitrogen and oxygen atoms in total. The predicted molar refractivity (Wildman–Crippen MR) is 250 cm³/mol. The number of ketones is 2. The topological polar surface area (TPSA) is 189 Å². The highest BCUT2D eigenvalue weighted by molar-refractivity contribution is 6.05. The fourth-order valence-corrected chi connectivity index (χ4v) is 10.8. The minimum Gasteiger partial charge on any atom is -0.664 e. The lowest BCUT2D eigenvalue weighted by molar-refractivity contribution is -0.135. The van der Waals surface area contributed by atoms with Crippen LogP contribution in [0, 0.1) is 11.8 Å². The molecule has 3 aliphatic carbocycles. The minimum atomic E-state index is -1.38.